The first-order valence-corrected chi connectivity index (χ1v) is 7.73. The largest absolute Gasteiger partial charge is 0.415 e. The lowest BCUT2D eigenvalue weighted by Gasteiger charge is -2.28. The minimum absolute atomic E-state index is 0.118. The van der Waals surface area contributed by atoms with Crippen molar-refractivity contribution in [2.45, 2.75) is 44.6 Å². The summed E-state index contributed by atoms with van der Waals surface area (Å²) in [6.07, 6.45) is -6.09. The highest BCUT2D eigenvalue weighted by atomic mass is 19.4. The fraction of sp³-hybridized carbons (Fsp3) is 0.500. The second-order valence-corrected chi connectivity index (χ2v) is 6.00. The third kappa shape index (κ3) is 3.44. The Morgan fingerprint density at radius 1 is 1.38 bits per heavy atom. The Morgan fingerprint density at radius 3 is 2.83 bits per heavy atom. The van der Waals surface area contributed by atoms with Gasteiger partial charge in [-0.1, -0.05) is 23.4 Å². The summed E-state index contributed by atoms with van der Waals surface area (Å²) in [6.45, 7) is 2.49. The van der Waals surface area contributed by atoms with Gasteiger partial charge in [0.1, 0.15) is 0 Å². The van der Waals surface area contributed by atoms with E-state index in [9.17, 15) is 18.3 Å². The minimum Gasteiger partial charge on any atom is -0.382 e. The average Bonchev–Trinajstić information content (AvgIpc) is 3.16. The summed E-state index contributed by atoms with van der Waals surface area (Å²) in [6, 6.07) is 6.53. The number of alkyl halides is 3. The smallest absolute Gasteiger partial charge is 0.382 e. The van der Waals surface area contributed by atoms with Crippen LogP contribution in [0, 0.1) is 6.92 Å². The molecule has 8 heteroatoms. The third-order valence-electron chi connectivity index (χ3n) is 4.30. The summed E-state index contributed by atoms with van der Waals surface area (Å²) in [5, 5.41) is 13.4. The predicted molar refractivity (Wildman–Crippen MR) is 80.0 cm³/mol. The Kier molecular flexibility index (Phi) is 4.60. The number of nitrogens with zero attached hydrogens (tertiary/aromatic N) is 3. The average molecular weight is 341 g/mol. The van der Waals surface area contributed by atoms with Gasteiger partial charge in [0.2, 0.25) is 0 Å². The molecule has 1 aromatic carbocycles. The third-order valence-corrected chi connectivity index (χ3v) is 4.30. The van der Waals surface area contributed by atoms with E-state index in [1.807, 2.05) is 31.2 Å². The molecule has 0 aliphatic carbocycles. The zero-order valence-electron chi connectivity index (χ0n) is 13.1. The van der Waals surface area contributed by atoms with Crippen LogP contribution in [0.2, 0.25) is 0 Å². The number of aliphatic hydroxyl groups excluding tert-OH is 1. The molecule has 1 saturated heterocycles. The quantitative estimate of drug-likeness (QED) is 0.926. The van der Waals surface area contributed by atoms with Crippen molar-refractivity contribution in [3.8, 4) is 11.5 Å². The van der Waals surface area contributed by atoms with Gasteiger partial charge >= 0.3 is 6.18 Å². The van der Waals surface area contributed by atoms with Crippen molar-refractivity contribution >= 4 is 0 Å². The number of rotatable bonds is 4. The van der Waals surface area contributed by atoms with Gasteiger partial charge in [-0.3, -0.25) is 4.90 Å². The van der Waals surface area contributed by atoms with E-state index in [0.717, 1.165) is 11.1 Å². The molecule has 3 rings (SSSR count). The van der Waals surface area contributed by atoms with Crippen LogP contribution in [0.3, 0.4) is 0 Å². The summed E-state index contributed by atoms with van der Waals surface area (Å²) in [4.78, 5) is 5.84. The fourth-order valence-corrected chi connectivity index (χ4v) is 3.05. The molecule has 2 aromatic rings. The molecule has 0 unspecified atom stereocenters. The minimum atomic E-state index is -4.63. The van der Waals surface area contributed by atoms with Crippen molar-refractivity contribution in [1.29, 1.82) is 0 Å². The van der Waals surface area contributed by atoms with Crippen LogP contribution in [0.15, 0.2) is 28.8 Å². The molecule has 0 spiro atoms. The van der Waals surface area contributed by atoms with Crippen molar-refractivity contribution in [1.82, 2.24) is 15.0 Å². The molecule has 24 heavy (non-hydrogen) atoms. The maximum atomic E-state index is 12.8. The lowest BCUT2D eigenvalue weighted by atomic mass is 10.1. The van der Waals surface area contributed by atoms with E-state index in [-0.39, 0.29) is 6.54 Å². The van der Waals surface area contributed by atoms with E-state index in [4.69, 9.17) is 4.52 Å². The van der Waals surface area contributed by atoms with E-state index >= 15 is 0 Å². The normalized spacial score (nSPS) is 20.5. The van der Waals surface area contributed by atoms with Gasteiger partial charge in [-0.05, 0) is 37.9 Å². The molecule has 1 aliphatic heterocycles. The number of hydrogen-bond donors (Lipinski definition) is 1. The van der Waals surface area contributed by atoms with Gasteiger partial charge in [-0.25, -0.2) is 0 Å². The van der Waals surface area contributed by atoms with Crippen LogP contribution in [0.1, 0.15) is 24.2 Å². The Bertz CT molecular complexity index is 702. The summed E-state index contributed by atoms with van der Waals surface area (Å²) < 4.78 is 43.5. The Balaban J connectivity index is 1.74. The van der Waals surface area contributed by atoms with Gasteiger partial charge in [-0.15, -0.1) is 0 Å². The number of benzene rings is 1. The van der Waals surface area contributed by atoms with Gasteiger partial charge < -0.3 is 9.63 Å². The monoisotopic (exact) mass is 341 g/mol. The summed E-state index contributed by atoms with van der Waals surface area (Å²) in [5.41, 5.74) is 1.77. The topological polar surface area (TPSA) is 62.4 Å². The first-order valence-electron chi connectivity index (χ1n) is 7.73. The number of likely N-dealkylation sites (tertiary alicyclic amines) is 1. The number of aliphatic hydroxyl groups is 1. The highest BCUT2D eigenvalue weighted by Gasteiger charge is 2.47. The molecule has 1 fully saturated rings. The number of halogens is 3. The van der Waals surface area contributed by atoms with E-state index < -0.39 is 18.3 Å². The molecule has 0 bridgehead atoms. The molecule has 5 nitrogen and oxygen atoms in total. The van der Waals surface area contributed by atoms with E-state index in [0.29, 0.717) is 31.1 Å². The van der Waals surface area contributed by atoms with Gasteiger partial charge in [0.25, 0.3) is 5.89 Å². The lowest BCUT2D eigenvalue weighted by Crippen LogP contribution is -2.46. The molecule has 2 heterocycles. The van der Waals surface area contributed by atoms with E-state index in [1.165, 1.54) is 0 Å². The molecule has 1 aromatic heterocycles. The molecular weight excluding hydrogens is 323 g/mol. The van der Waals surface area contributed by atoms with Crippen LogP contribution < -0.4 is 0 Å². The maximum Gasteiger partial charge on any atom is 0.415 e. The van der Waals surface area contributed by atoms with Crippen molar-refractivity contribution < 1.29 is 22.8 Å². The molecule has 130 valence electrons. The van der Waals surface area contributed by atoms with Gasteiger partial charge in [0.05, 0.1) is 6.54 Å². The van der Waals surface area contributed by atoms with Crippen LogP contribution in [-0.2, 0) is 6.54 Å². The summed E-state index contributed by atoms with van der Waals surface area (Å²) in [5.74, 6) is 0.657. The Labute approximate surface area is 137 Å². The SMILES string of the molecule is Cc1ccccc1-c1nc(CN2CCC[C@@H]2[C@@H](O)C(F)(F)F)no1. The molecule has 0 radical (unpaired) electrons. The summed E-state index contributed by atoms with van der Waals surface area (Å²) >= 11 is 0. The molecule has 1 aliphatic rings. The van der Waals surface area contributed by atoms with Crippen LogP contribution in [0.5, 0.6) is 0 Å². The van der Waals surface area contributed by atoms with Crippen molar-refractivity contribution in [2.75, 3.05) is 6.54 Å². The number of aromatic nitrogens is 2. The van der Waals surface area contributed by atoms with Crippen LogP contribution in [-0.4, -0.2) is 45.0 Å². The van der Waals surface area contributed by atoms with Crippen LogP contribution >= 0.6 is 0 Å². The second kappa shape index (κ2) is 6.52. The zero-order valence-corrected chi connectivity index (χ0v) is 13.1. The van der Waals surface area contributed by atoms with Crippen LogP contribution in [0.25, 0.3) is 11.5 Å². The van der Waals surface area contributed by atoms with Gasteiger partial charge in [0.15, 0.2) is 11.9 Å². The molecule has 0 amide bonds. The lowest BCUT2D eigenvalue weighted by molar-refractivity contribution is -0.219. The highest BCUT2D eigenvalue weighted by molar-refractivity contribution is 5.57. The van der Waals surface area contributed by atoms with Crippen molar-refractivity contribution in [2.24, 2.45) is 0 Å². The Hall–Kier alpha value is -1.93. The van der Waals surface area contributed by atoms with Crippen LogP contribution in [0.4, 0.5) is 13.2 Å². The Morgan fingerprint density at radius 2 is 2.12 bits per heavy atom. The van der Waals surface area contributed by atoms with E-state index in [2.05, 4.69) is 10.1 Å². The molecular formula is C16H18F3N3O2. The second-order valence-electron chi connectivity index (χ2n) is 6.00. The molecule has 1 N–H and O–H groups in total. The highest BCUT2D eigenvalue weighted by Crippen LogP contribution is 2.31. The number of aryl methyl sites for hydroxylation is 1. The van der Waals surface area contributed by atoms with Gasteiger partial charge in [0, 0.05) is 11.6 Å². The molecule has 2 atom stereocenters. The first-order chi connectivity index (χ1) is 11.4. The zero-order chi connectivity index (χ0) is 17.3. The predicted octanol–water partition coefficient (Wildman–Crippen LogP) is 2.93. The molecule has 0 saturated carbocycles. The summed E-state index contributed by atoms with van der Waals surface area (Å²) in [7, 11) is 0. The fourth-order valence-electron chi connectivity index (χ4n) is 3.05. The first kappa shape index (κ1) is 16.9. The number of hydrogen-bond acceptors (Lipinski definition) is 5. The van der Waals surface area contributed by atoms with Crippen molar-refractivity contribution in [3.05, 3.63) is 35.7 Å². The maximum absolute atomic E-state index is 12.8. The van der Waals surface area contributed by atoms with Crippen molar-refractivity contribution in [3.63, 3.8) is 0 Å². The van der Waals surface area contributed by atoms with Gasteiger partial charge in [-0.2, -0.15) is 18.2 Å². The standard InChI is InChI=1S/C16H18F3N3O2/c1-10-5-2-3-6-11(10)15-20-13(21-24-15)9-22-8-4-7-12(22)14(23)16(17,18)19/h2-3,5-6,12,14,23H,4,7-9H2,1H3/t12-,14-/m1/s1. The van der Waals surface area contributed by atoms with E-state index in [1.54, 1.807) is 4.90 Å².